The second-order valence-corrected chi connectivity index (χ2v) is 4.94. The fourth-order valence-electron chi connectivity index (χ4n) is 2.55. The topological polar surface area (TPSA) is 50.9 Å². The average Bonchev–Trinajstić information content (AvgIpc) is 2.82. The Kier molecular flexibility index (Phi) is 3.29. The maximum atomic E-state index is 13.1. The van der Waals surface area contributed by atoms with Crippen LogP contribution < -0.4 is 0 Å². The zero-order chi connectivity index (χ0) is 13.2. The predicted molar refractivity (Wildman–Crippen MR) is 68.0 cm³/mol. The molecular weight excluding hydrogens is 245 g/mol. The van der Waals surface area contributed by atoms with Crippen LogP contribution in [0.1, 0.15) is 35.9 Å². The van der Waals surface area contributed by atoms with Crippen molar-refractivity contribution in [3.63, 3.8) is 0 Å². The molecule has 3 rings (SSSR count). The molecule has 5 heteroatoms. The summed E-state index contributed by atoms with van der Waals surface area (Å²) in [5.41, 5.74) is 2.72. The average molecular weight is 261 g/mol. The van der Waals surface area contributed by atoms with E-state index in [1.54, 1.807) is 16.8 Å². The molecule has 0 saturated heterocycles. The monoisotopic (exact) mass is 261 g/mol. The van der Waals surface area contributed by atoms with Crippen LogP contribution in [0, 0.1) is 5.82 Å². The molecule has 1 N–H and O–H groups in total. The number of aliphatic hydroxyl groups excluding tert-OH is 1. The van der Waals surface area contributed by atoms with E-state index < -0.39 is 6.10 Å². The first-order valence-corrected chi connectivity index (χ1v) is 6.59. The van der Waals surface area contributed by atoms with Crippen molar-refractivity contribution in [3.05, 3.63) is 47.0 Å². The van der Waals surface area contributed by atoms with Crippen LogP contribution in [0.15, 0.2) is 24.3 Å². The summed E-state index contributed by atoms with van der Waals surface area (Å²) in [6, 6.07) is 6.05. The van der Waals surface area contributed by atoms with E-state index in [9.17, 15) is 9.50 Å². The Bertz CT molecular complexity index is 582. The number of hydrogen-bond acceptors (Lipinski definition) is 3. The number of nitrogens with zero attached hydrogens (tertiary/aromatic N) is 3. The van der Waals surface area contributed by atoms with E-state index >= 15 is 0 Å². The molecule has 1 heterocycles. The number of aryl methyl sites for hydroxylation is 1. The third-order valence-electron chi connectivity index (χ3n) is 3.57. The van der Waals surface area contributed by atoms with Crippen LogP contribution in [0.25, 0.3) is 0 Å². The molecule has 0 aliphatic heterocycles. The fourth-order valence-corrected chi connectivity index (χ4v) is 2.55. The minimum absolute atomic E-state index is 0.325. The quantitative estimate of drug-likeness (QED) is 0.919. The van der Waals surface area contributed by atoms with Gasteiger partial charge < -0.3 is 5.11 Å². The first-order chi connectivity index (χ1) is 9.24. The van der Waals surface area contributed by atoms with E-state index in [1.807, 2.05) is 0 Å². The van der Waals surface area contributed by atoms with Crippen LogP contribution in [-0.2, 0) is 19.4 Å². The summed E-state index contributed by atoms with van der Waals surface area (Å²) in [6.07, 6.45) is 3.45. The lowest BCUT2D eigenvalue weighted by atomic mass is 10.0. The van der Waals surface area contributed by atoms with Crippen LogP contribution in [0.5, 0.6) is 0 Å². The van der Waals surface area contributed by atoms with Gasteiger partial charge in [-0.15, -0.1) is 5.10 Å². The van der Waals surface area contributed by atoms with Gasteiger partial charge >= 0.3 is 0 Å². The van der Waals surface area contributed by atoms with E-state index in [0.29, 0.717) is 12.1 Å². The third-order valence-corrected chi connectivity index (χ3v) is 3.57. The molecular formula is C14H16FN3O. The van der Waals surface area contributed by atoms with Gasteiger partial charge in [0.05, 0.1) is 24.0 Å². The van der Waals surface area contributed by atoms with Crippen LogP contribution >= 0.6 is 0 Å². The molecule has 0 saturated carbocycles. The van der Waals surface area contributed by atoms with Crippen molar-refractivity contribution in [2.45, 2.75) is 38.3 Å². The molecule has 1 aromatic carbocycles. The molecule has 0 amide bonds. The Morgan fingerprint density at radius 3 is 3.00 bits per heavy atom. The molecule has 0 spiro atoms. The molecule has 0 bridgehead atoms. The molecule has 1 atom stereocenters. The van der Waals surface area contributed by atoms with Crippen molar-refractivity contribution in [2.24, 2.45) is 0 Å². The largest absolute Gasteiger partial charge is 0.386 e. The van der Waals surface area contributed by atoms with Gasteiger partial charge in [-0.05, 0) is 43.4 Å². The van der Waals surface area contributed by atoms with Gasteiger partial charge in [-0.2, -0.15) is 0 Å². The molecule has 4 nitrogen and oxygen atoms in total. The summed E-state index contributed by atoms with van der Waals surface area (Å²) in [5, 5.41) is 18.4. The molecule has 1 unspecified atom stereocenters. The van der Waals surface area contributed by atoms with Gasteiger partial charge in [0.1, 0.15) is 5.82 Å². The fraction of sp³-hybridized carbons (Fsp3) is 0.429. The smallest absolute Gasteiger partial charge is 0.123 e. The molecule has 0 fully saturated rings. The molecule has 19 heavy (non-hydrogen) atoms. The molecule has 1 aliphatic rings. The van der Waals surface area contributed by atoms with E-state index in [2.05, 4.69) is 10.3 Å². The van der Waals surface area contributed by atoms with Gasteiger partial charge in [-0.25, -0.2) is 9.07 Å². The zero-order valence-corrected chi connectivity index (χ0v) is 10.6. The van der Waals surface area contributed by atoms with Crippen LogP contribution in [0.3, 0.4) is 0 Å². The number of fused-ring (bicyclic) bond motifs is 1. The standard InChI is InChI=1S/C14H16FN3O/c15-11-5-3-4-10(8-11)14(19)9-18-13-7-2-1-6-12(13)16-17-18/h3-5,8,14,19H,1-2,6-7,9H2. The van der Waals surface area contributed by atoms with Crippen LogP contribution in [-0.4, -0.2) is 20.1 Å². The number of benzene rings is 1. The summed E-state index contributed by atoms with van der Waals surface area (Å²) < 4.78 is 14.9. The minimum atomic E-state index is -0.761. The van der Waals surface area contributed by atoms with E-state index in [0.717, 1.165) is 37.1 Å². The van der Waals surface area contributed by atoms with Gasteiger partial charge in [0.25, 0.3) is 0 Å². The summed E-state index contributed by atoms with van der Waals surface area (Å²) in [4.78, 5) is 0. The van der Waals surface area contributed by atoms with Crippen molar-refractivity contribution < 1.29 is 9.50 Å². The van der Waals surface area contributed by atoms with Crippen molar-refractivity contribution in [3.8, 4) is 0 Å². The van der Waals surface area contributed by atoms with Crippen molar-refractivity contribution in [2.75, 3.05) is 0 Å². The Balaban J connectivity index is 1.79. The van der Waals surface area contributed by atoms with Gasteiger partial charge in [0.2, 0.25) is 0 Å². The Morgan fingerprint density at radius 2 is 2.16 bits per heavy atom. The first kappa shape index (κ1) is 12.3. The van der Waals surface area contributed by atoms with Gasteiger partial charge in [0.15, 0.2) is 0 Å². The summed E-state index contributed by atoms with van der Waals surface area (Å²) in [7, 11) is 0. The number of aromatic nitrogens is 3. The molecule has 1 aromatic heterocycles. The molecule has 2 aromatic rings. The Hall–Kier alpha value is -1.75. The lowest BCUT2D eigenvalue weighted by Gasteiger charge is -2.15. The second-order valence-electron chi connectivity index (χ2n) is 4.94. The highest BCUT2D eigenvalue weighted by molar-refractivity contribution is 5.19. The molecule has 1 aliphatic carbocycles. The van der Waals surface area contributed by atoms with E-state index in [4.69, 9.17) is 0 Å². The highest BCUT2D eigenvalue weighted by atomic mass is 19.1. The Morgan fingerprint density at radius 1 is 1.32 bits per heavy atom. The lowest BCUT2D eigenvalue weighted by molar-refractivity contribution is 0.148. The Labute approximate surface area is 110 Å². The molecule has 100 valence electrons. The van der Waals surface area contributed by atoms with Gasteiger partial charge in [-0.3, -0.25) is 0 Å². The summed E-state index contributed by atoms with van der Waals surface area (Å²) in [5.74, 6) is -0.336. The van der Waals surface area contributed by atoms with Crippen LogP contribution in [0.4, 0.5) is 4.39 Å². The van der Waals surface area contributed by atoms with Gasteiger partial charge in [-0.1, -0.05) is 17.3 Å². The highest BCUT2D eigenvalue weighted by Crippen LogP contribution is 2.21. The predicted octanol–water partition coefficient (Wildman–Crippen LogP) is 2.03. The van der Waals surface area contributed by atoms with Crippen LogP contribution in [0.2, 0.25) is 0 Å². The highest BCUT2D eigenvalue weighted by Gasteiger charge is 2.19. The third kappa shape index (κ3) is 2.51. The maximum Gasteiger partial charge on any atom is 0.123 e. The van der Waals surface area contributed by atoms with Crippen molar-refractivity contribution >= 4 is 0 Å². The van der Waals surface area contributed by atoms with Crippen molar-refractivity contribution in [1.29, 1.82) is 0 Å². The lowest BCUT2D eigenvalue weighted by Crippen LogP contribution is -2.14. The normalized spacial score (nSPS) is 16.1. The minimum Gasteiger partial charge on any atom is -0.386 e. The molecule has 0 radical (unpaired) electrons. The number of aliphatic hydroxyl groups is 1. The number of hydrogen-bond donors (Lipinski definition) is 1. The zero-order valence-electron chi connectivity index (χ0n) is 10.6. The van der Waals surface area contributed by atoms with E-state index in [1.165, 1.54) is 12.1 Å². The SMILES string of the molecule is OC(Cn1nnc2c1CCCC2)c1cccc(F)c1. The van der Waals surface area contributed by atoms with Gasteiger partial charge in [0, 0.05) is 0 Å². The second kappa shape index (κ2) is 5.09. The number of halogens is 1. The number of rotatable bonds is 3. The maximum absolute atomic E-state index is 13.1. The van der Waals surface area contributed by atoms with E-state index in [-0.39, 0.29) is 5.82 Å². The summed E-state index contributed by atoms with van der Waals surface area (Å²) >= 11 is 0. The first-order valence-electron chi connectivity index (χ1n) is 6.59. The summed E-state index contributed by atoms with van der Waals surface area (Å²) in [6.45, 7) is 0.325. The van der Waals surface area contributed by atoms with Crippen molar-refractivity contribution in [1.82, 2.24) is 15.0 Å².